The Hall–Kier alpha value is -1.30. The Bertz CT molecular complexity index is 542. The van der Waals surface area contributed by atoms with E-state index in [0.29, 0.717) is 35.3 Å². The van der Waals surface area contributed by atoms with Crippen molar-refractivity contribution in [2.45, 2.75) is 46.3 Å². The first-order valence-electron chi connectivity index (χ1n) is 8.22. The number of benzene rings is 1. The zero-order chi connectivity index (χ0) is 18.3. The van der Waals surface area contributed by atoms with Gasteiger partial charge in [0.15, 0.2) is 0 Å². The van der Waals surface area contributed by atoms with Gasteiger partial charge in [0, 0.05) is 24.2 Å². The third-order valence-electron chi connectivity index (χ3n) is 3.16. The predicted molar refractivity (Wildman–Crippen MR) is 97.9 cm³/mol. The minimum atomic E-state index is -0.644. The number of halogens is 1. The van der Waals surface area contributed by atoms with Crippen molar-refractivity contribution in [3.8, 4) is 5.75 Å². The van der Waals surface area contributed by atoms with Crippen LogP contribution in [0.5, 0.6) is 5.75 Å². The van der Waals surface area contributed by atoms with E-state index in [1.807, 2.05) is 34.6 Å². The molecule has 0 bridgehead atoms. The first kappa shape index (κ1) is 20.7. The number of aliphatic hydroxyl groups excluding tert-OH is 1. The fourth-order valence-corrected chi connectivity index (χ4v) is 2.06. The van der Waals surface area contributed by atoms with Crippen molar-refractivity contribution in [3.05, 3.63) is 28.8 Å². The number of nitrogens with one attached hydrogen (secondary N) is 2. The Morgan fingerprint density at radius 2 is 1.96 bits per heavy atom. The van der Waals surface area contributed by atoms with Crippen molar-refractivity contribution in [1.29, 1.82) is 0 Å². The molecule has 1 amide bonds. The highest BCUT2D eigenvalue weighted by molar-refractivity contribution is 6.32. The maximum atomic E-state index is 12.0. The SMILES string of the molecule is CC(C)CNC(=O)c1ccc(OCC(O)CNC(C)(C)C)c(Cl)c1. The molecule has 0 aliphatic heterocycles. The van der Waals surface area contributed by atoms with Gasteiger partial charge in [0.2, 0.25) is 0 Å². The van der Waals surface area contributed by atoms with Crippen LogP contribution in [0.25, 0.3) is 0 Å². The lowest BCUT2D eigenvalue weighted by Gasteiger charge is -2.23. The van der Waals surface area contributed by atoms with Gasteiger partial charge in [0.05, 0.1) is 5.02 Å². The molecule has 0 aromatic heterocycles. The van der Waals surface area contributed by atoms with Gasteiger partial charge in [-0.05, 0) is 44.9 Å². The maximum Gasteiger partial charge on any atom is 0.251 e. The van der Waals surface area contributed by atoms with Crippen LogP contribution in [0.4, 0.5) is 0 Å². The highest BCUT2D eigenvalue weighted by Crippen LogP contribution is 2.25. The molecule has 1 rings (SSSR count). The van der Waals surface area contributed by atoms with E-state index < -0.39 is 6.10 Å². The molecule has 0 spiro atoms. The highest BCUT2D eigenvalue weighted by Gasteiger charge is 2.14. The summed E-state index contributed by atoms with van der Waals surface area (Å²) in [7, 11) is 0. The summed E-state index contributed by atoms with van der Waals surface area (Å²) in [6.07, 6.45) is -0.644. The number of carbonyl (C=O) groups excluding carboxylic acids is 1. The van der Waals surface area contributed by atoms with Crippen LogP contribution in [0.1, 0.15) is 45.0 Å². The zero-order valence-electron chi connectivity index (χ0n) is 15.1. The Labute approximate surface area is 149 Å². The van der Waals surface area contributed by atoms with Gasteiger partial charge in [-0.3, -0.25) is 4.79 Å². The summed E-state index contributed by atoms with van der Waals surface area (Å²) in [5.74, 6) is 0.675. The molecule has 1 atom stereocenters. The topological polar surface area (TPSA) is 70.6 Å². The molecule has 1 aromatic carbocycles. The van der Waals surface area contributed by atoms with Gasteiger partial charge in [-0.1, -0.05) is 25.4 Å². The van der Waals surface area contributed by atoms with E-state index in [2.05, 4.69) is 10.6 Å². The summed E-state index contributed by atoms with van der Waals surface area (Å²) in [6.45, 7) is 11.3. The lowest BCUT2D eigenvalue weighted by molar-refractivity contribution is 0.0947. The van der Waals surface area contributed by atoms with E-state index in [-0.39, 0.29) is 18.1 Å². The van der Waals surface area contributed by atoms with Gasteiger partial charge in [0.25, 0.3) is 5.91 Å². The number of carbonyl (C=O) groups is 1. The molecule has 0 fully saturated rings. The molecular weight excluding hydrogens is 328 g/mol. The van der Waals surface area contributed by atoms with Crippen LogP contribution in [0.15, 0.2) is 18.2 Å². The van der Waals surface area contributed by atoms with Gasteiger partial charge < -0.3 is 20.5 Å². The van der Waals surface area contributed by atoms with Crippen molar-refractivity contribution in [1.82, 2.24) is 10.6 Å². The minimum absolute atomic E-state index is 0.0659. The van der Waals surface area contributed by atoms with Gasteiger partial charge in [-0.15, -0.1) is 0 Å². The van der Waals surface area contributed by atoms with E-state index in [9.17, 15) is 9.90 Å². The summed E-state index contributed by atoms with van der Waals surface area (Å²) < 4.78 is 5.54. The molecule has 24 heavy (non-hydrogen) atoms. The molecule has 5 nitrogen and oxygen atoms in total. The Morgan fingerprint density at radius 1 is 1.29 bits per heavy atom. The van der Waals surface area contributed by atoms with E-state index in [1.165, 1.54) is 0 Å². The lowest BCUT2D eigenvalue weighted by Crippen LogP contribution is -2.42. The number of aliphatic hydroxyl groups is 1. The van der Waals surface area contributed by atoms with E-state index in [0.717, 1.165) is 0 Å². The molecular formula is C18H29ClN2O3. The summed E-state index contributed by atoms with van der Waals surface area (Å²) in [5.41, 5.74) is 0.423. The molecule has 0 saturated heterocycles. The fourth-order valence-electron chi connectivity index (χ4n) is 1.83. The predicted octanol–water partition coefficient (Wildman–Crippen LogP) is 2.85. The molecule has 1 aromatic rings. The summed E-state index contributed by atoms with van der Waals surface area (Å²) >= 11 is 6.17. The smallest absolute Gasteiger partial charge is 0.251 e. The number of hydrogen-bond donors (Lipinski definition) is 3. The van der Waals surface area contributed by atoms with Crippen LogP contribution in [-0.4, -0.2) is 42.4 Å². The molecule has 6 heteroatoms. The summed E-state index contributed by atoms with van der Waals surface area (Å²) in [6, 6.07) is 4.89. The van der Waals surface area contributed by atoms with Gasteiger partial charge in [0.1, 0.15) is 18.5 Å². The van der Waals surface area contributed by atoms with Gasteiger partial charge in [-0.25, -0.2) is 0 Å². The van der Waals surface area contributed by atoms with Crippen molar-refractivity contribution in [3.63, 3.8) is 0 Å². The molecule has 0 heterocycles. The van der Waals surface area contributed by atoms with E-state index in [1.54, 1.807) is 18.2 Å². The van der Waals surface area contributed by atoms with Crippen LogP contribution in [0, 0.1) is 5.92 Å². The number of amides is 1. The third-order valence-corrected chi connectivity index (χ3v) is 3.46. The second kappa shape index (κ2) is 9.25. The van der Waals surface area contributed by atoms with Crippen molar-refractivity contribution in [2.75, 3.05) is 19.7 Å². The van der Waals surface area contributed by atoms with Crippen LogP contribution >= 0.6 is 11.6 Å². The van der Waals surface area contributed by atoms with Crippen molar-refractivity contribution in [2.24, 2.45) is 5.92 Å². The summed E-state index contributed by atoms with van der Waals surface area (Å²) in [5, 5.41) is 16.3. The standard InChI is InChI=1S/C18H29ClN2O3/c1-12(2)9-20-17(23)13-6-7-16(15(19)8-13)24-11-14(22)10-21-18(3,4)5/h6-8,12,14,21-22H,9-11H2,1-5H3,(H,20,23). The molecule has 0 aliphatic carbocycles. The van der Waals surface area contributed by atoms with Gasteiger partial charge in [-0.2, -0.15) is 0 Å². The molecule has 0 saturated carbocycles. The molecule has 3 N–H and O–H groups in total. The fraction of sp³-hybridized carbons (Fsp3) is 0.611. The number of hydrogen-bond acceptors (Lipinski definition) is 4. The van der Waals surface area contributed by atoms with Crippen LogP contribution in [-0.2, 0) is 0 Å². The highest BCUT2D eigenvalue weighted by atomic mass is 35.5. The molecule has 1 unspecified atom stereocenters. The molecule has 0 aliphatic rings. The number of rotatable bonds is 8. The average molecular weight is 357 g/mol. The molecule has 0 radical (unpaired) electrons. The number of β-amino-alcohol motifs (C(OH)–C–C–N with tert-alkyl or cyclic N) is 1. The number of ether oxygens (including phenoxy) is 1. The largest absolute Gasteiger partial charge is 0.489 e. The minimum Gasteiger partial charge on any atom is -0.489 e. The van der Waals surface area contributed by atoms with Crippen LogP contribution in [0.2, 0.25) is 5.02 Å². The first-order chi connectivity index (χ1) is 11.1. The third kappa shape index (κ3) is 7.99. The first-order valence-corrected chi connectivity index (χ1v) is 8.60. The second-order valence-electron chi connectivity index (χ2n) is 7.34. The lowest BCUT2D eigenvalue weighted by atomic mass is 10.1. The Balaban J connectivity index is 2.54. The molecule has 136 valence electrons. The van der Waals surface area contributed by atoms with Crippen LogP contribution in [0.3, 0.4) is 0 Å². The monoisotopic (exact) mass is 356 g/mol. The average Bonchev–Trinajstić information content (AvgIpc) is 2.48. The van der Waals surface area contributed by atoms with Crippen LogP contribution < -0.4 is 15.4 Å². The van der Waals surface area contributed by atoms with Crippen molar-refractivity contribution >= 4 is 17.5 Å². The van der Waals surface area contributed by atoms with E-state index >= 15 is 0 Å². The maximum absolute atomic E-state index is 12.0. The Kier molecular flexibility index (Phi) is 8.00. The van der Waals surface area contributed by atoms with Gasteiger partial charge >= 0.3 is 0 Å². The summed E-state index contributed by atoms with van der Waals surface area (Å²) in [4.78, 5) is 12.0. The quantitative estimate of drug-likeness (QED) is 0.669. The van der Waals surface area contributed by atoms with E-state index in [4.69, 9.17) is 16.3 Å². The van der Waals surface area contributed by atoms with Crippen molar-refractivity contribution < 1.29 is 14.6 Å². The zero-order valence-corrected chi connectivity index (χ0v) is 15.9. The Morgan fingerprint density at radius 3 is 2.50 bits per heavy atom. The normalized spacial score (nSPS) is 13.0. The second-order valence-corrected chi connectivity index (χ2v) is 7.75.